The molecule has 0 saturated carbocycles. The largest absolute Gasteiger partial charge is 0.458 e. The summed E-state index contributed by atoms with van der Waals surface area (Å²) in [6, 6.07) is 7.79. The quantitative estimate of drug-likeness (QED) is 0.156. The molecule has 268 valence electrons. The predicted octanol–water partition coefficient (Wildman–Crippen LogP) is 6.31. The maximum Gasteiger partial charge on any atom is 0.458 e. The number of nitrogens with zero attached hydrogens (tertiary/aromatic N) is 5. The Hall–Kier alpha value is -5.17. The first kappa shape index (κ1) is 37.1. The molecule has 0 radical (unpaired) electrons. The number of aromatic nitrogens is 4. The van der Waals surface area contributed by atoms with Crippen LogP contribution in [0.5, 0.6) is 0 Å². The van der Waals surface area contributed by atoms with E-state index in [1.165, 1.54) is 11.3 Å². The fraction of sp³-hybridized carbons (Fsp3) is 0.290. The summed E-state index contributed by atoms with van der Waals surface area (Å²) in [5, 5.41) is 12.2. The first-order valence-corrected chi connectivity index (χ1v) is 16.2. The summed E-state index contributed by atoms with van der Waals surface area (Å²) < 4.78 is 67.0. The maximum absolute atomic E-state index is 13.1. The number of halogens is 7. The first-order valence-electron chi connectivity index (χ1n) is 14.9. The van der Waals surface area contributed by atoms with Gasteiger partial charge in [-0.25, -0.2) is 9.97 Å². The predicted molar refractivity (Wildman–Crippen MR) is 173 cm³/mol. The van der Waals surface area contributed by atoms with Crippen LogP contribution in [-0.4, -0.2) is 73.7 Å². The highest BCUT2D eigenvalue weighted by molar-refractivity contribution is 7.11. The number of hydrogen-bond acceptors (Lipinski definition) is 11. The summed E-state index contributed by atoms with van der Waals surface area (Å²) in [4.78, 5) is 64.0. The van der Waals surface area contributed by atoms with Crippen molar-refractivity contribution in [3.63, 3.8) is 0 Å². The first-order chi connectivity index (χ1) is 24.1. The van der Waals surface area contributed by atoms with E-state index in [9.17, 15) is 45.5 Å². The molecule has 5 heterocycles. The van der Waals surface area contributed by atoms with E-state index in [4.69, 9.17) is 11.6 Å². The normalized spacial score (nSPS) is 15.4. The summed E-state index contributed by atoms with van der Waals surface area (Å²) in [7, 11) is 0. The number of aryl methyl sites for hydroxylation is 2. The molecule has 4 aromatic rings. The monoisotopic (exact) mass is 754 g/mol. The molecule has 2 aliphatic heterocycles. The Morgan fingerprint density at radius 3 is 2.37 bits per heavy atom. The molecule has 0 unspecified atom stereocenters. The van der Waals surface area contributed by atoms with Crippen LogP contribution in [0.1, 0.15) is 33.8 Å². The highest BCUT2D eigenvalue weighted by Crippen LogP contribution is 2.30. The number of carbonyl (C=O) groups excluding carboxylic acids is 4. The van der Waals surface area contributed by atoms with Crippen molar-refractivity contribution < 1.29 is 45.5 Å². The van der Waals surface area contributed by atoms with E-state index in [1.54, 1.807) is 28.9 Å². The lowest BCUT2D eigenvalue weighted by Gasteiger charge is -2.17. The minimum absolute atomic E-state index is 0.0630. The van der Waals surface area contributed by atoms with Gasteiger partial charge >= 0.3 is 23.9 Å². The Kier molecular flexibility index (Phi) is 11.2. The zero-order chi connectivity index (χ0) is 36.9. The van der Waals surface area contributed by atoms with Crippen LogP contribution in [0.15, 0.2) is 54.4 Å². The molecule has 1 aromatic carbocycles. The number of ketones is 2. The van der Waals surface area contributed by atoms with Crippen LogP contribution in [0.2, 0.25) is 5.02 Å². The summed E-state index contributed by atoms with van der Waals surface area (Å²) in [6.07, 6.45) is -2.27. The maximum atomic E-state index is 13.1. The highest BCUT2D eigenvalue weighted by atomic mass is 35.5. The number of hydrogen-bond donors (Lipinski definition) is 3. The number of nitrogens with one attached hydrogen (secondary N) is 3. The molecule has 3 N–H and O–H groups in total. The van der Waals surface area contributed by atoms with Gasteiger partial charge in [0.15, 0.2) is 10.8 Å². The molecule has 3 aromatic heterocycles. The second-order valence-corrected chi connectivity index (χ2v) is 12.5. The van der Waals surface area contributed by atoms with Gasteiger partial charge in [-0.05, 0) is 60.6 Å². The van der Waals surface area contributed by atoms with E-state index in [2.05, 4.69) is 35.9 Å². The number of amides is 2. The summed E-state index contributed by atoms with van der Waals surface area (Å²) >= 11 is 7.70. The lowest BCUT2D eigenvalue weighted by atomic mass is 10.0. The lowest BCUT2D eigenvalue weighted by Crippen LogP contribution is -2.39. The van der Waals surface area contributed by atoms with Gasteiger partial charge in [-0.1, -0.05) is 11.6 Å². The van der Waals surface area contributed by atoms with Crippen LogP contribution in [0.3, 0.4) is 0 Å². The number of rotatable bonds is 5. The van der Waals surface area contributed by atoms with E-state index < -0.39 is 23.9 Å². The minimum Gasteiger partial charge on any atom is -0.339 e. The van der Waals surface area contributed by atoms with Gasteiger partial charge < -0.3 is 20.9 Å². The fourth-order valence-corrected chi connectivity index (χ4v) is 5.86. The molecule has 1 atom stereocenters. The molecule has 51 heavy (non-hydrogen) atoms. The van der Waals surface area contributed by atoms with Gasteiger partial charge in [0.2, 0.25) is 11.9 Å². The Bertz CT molecular complexity index is 1920. The fourth-order valence-electron chi connectivity index (χ4n) is 5.12. The zero-order valence-electron chi connectivity index (χ0n) is 25.9. The summed E-state index contributed by atoms with van der Waals surface area (Å²) in [6.45, 7) is 1.19. The molecular weight excluding hydrogens is 730 g/mol. The van der Waals surface area contributed by atoms with E-state index in [-0.39, 0.29) is 17.7 Å². The number of anilines is 5. The molecule has 1 saturated heterocycles. The molecule has 1 fully saturated rings. The molecule has 12 nitrogen and oxygen atoms in total. The summed E-state index contributed by atoms with van der Waals surface area (Å²) in [5.74, 6) is -5.96. The second kappa shape index (κ2) is 15.4. The lowest BCUT2D eigenvalue weighted by molar-refractivity contribution is -0.193. The molecule has 6 rings (SSSR count). The van der Waals surface area contributed by atoms with Crippen molar-refractivity contribution in [1.29, 1.82) is 0 Å². The molecular formula is C31H25ClF6N8O4S. The number of fused-ring (bicyclic) bond motifs is 6. The van der Waals surface area contributed by atoms with Gasteiger partial charge in [-0.2, -0.15) is 31.3 Å². The van der Waals surface area contributed by atoms with Crippen molar-refractivity contribution in [2.75, 3.05) is 29.0 Å². The van der Waals surface area contributed by atoms with Crippen LogP contribution in [0, 0.1) is 5.92 Å². The summed E-state index contributed by atoms with van der Waals surface area (Å²) in [5.41, 5.74) is 4.35. The number of thiazole rings is 1. The number of benzene rings is 1. The minimum atomic E-state index is -5.77. The average Bonchev–Trinajstić information content (AvgIpc) is 3.78. The topological polar surface area (TPSA) is 159 Å². The highest BCUT2D eigenvalue weighted by Gasteiger charge is 2.54. The number of Topliss-reactive ketones (excluding diaryl/α,β-unsaturated/α-hetero) is 2. The van der Waals surface area contributed by atoms with Gasteiger partial charge in [0.25, 0.3) is 5.91 Å². The smallest absolute Gasteiger partial charge is 0.339 e. The van der Waals surface area contributed by atoms with Crippen molar-refractivity contribution in [2.45, 2.75) is 38.0 Å². The molecule has 0 spiro atoms. The molecule has 6 bridgehead atoms. The van der Waals surface area contributed by atoms with E-state index >= 15 is 0 Å². The average molecular weight is 755 g/mol. The van der Waals surface area contributed by atoms with Crippen LogP contribution in [0.4, 0.5) is 55.2 Å². The molecule has 2 aliphatic rings. The van der Waals surface area contributed by atoms with Crippen LogP contribution >= 0.6 is 22.9 Å². The van der Waals surface area contributed by atoms with Gasteiger partial charge in [0.1, 0.15) is 5.02 Å². The third-order valence-corrected chi connectivity index (χ3v) is 8.54. The SMILES string of the molecule is O=C(C(=O)C(F)(F)F)C(F)(F)F.O=C(C[C@H]1CCN(C(=O)c2nccs2)C1)Nc1ccc2cc1CCc1cncc(c1)Nc1ncc(Cl)c(n1)N2. The molecule has 2 amide bonds. The molecule has 20 heteroatoms. The number of carbonyl (C=O) groups is 4. The Morgan fingerprint density at radius 2 is 1.69 bits per heavy atom. The van der Waals surface area contributed by atoms with E-state index in [0.717, 1.165) is 41.0 Å². The Morgan fingerprint density at radius 1 is 0.941 bits per heavy atom. The van der Waals surface area contributed by atoms with Crippen molar-refractivity contribution in [2.24, 2.45) is 5.92 Å². The van der Waals surface area contributed by atoms with Crippen LogP contribution < -0.4 is 16.0 Å². The second-order valence-electron chi connectivity index (χ2n) is 11.2. The van der Waals surface area contributed by atoms with Crippen molar-refractivity contribution in [3.8, 4) is 0 Å². The van der Waals surface area contributed by atoms with Crippen LogP contribution in [-0.2, 0) is 27.2 Å². The zero-order valence-corrected chi connectivity index (χ0v) is 27.5. The van der Waals surface area contributed by atoms with Crippen LogP contribution in [0.25, 0.3) is 0 Å². The van der Waals surface area contributed by atoms with E-state index in [0.29, 0.717) is 47.7 Å². The number of alkyl halides is 6. The molecule has 0 aliphatic carbocycles. The van der Waals surface area contributed by atoms with E-state index in [1.807, 2.05) is 30.5 Å². The standard InChI is InChI=1S/C27H25ClN8O2S.C4F6O2/c28-21-14-31-27-33-20-9-16(12-29-13-20)1-2-18-11-19(32-24(21)35-27)3-4-22(18)34-23(37)10-17-5-7-36(15-17)26(38)25-30-6-8-39-25;5-3(6,7)1(11)2(12)4(8,9)10/h3-4,6,8-9,11-14,17H,1-2,5,7,10,15H2,(H,34,37)(H2,31,32,33,35);/t17-;/m1./s1. The number of pyridine rings is 1. The van der Waals surface area contributed by atoms with Crippen molar-refractivity contribution in [3.05, 3.63) is 75.6 Å². The van der Waals surface area contributed by atoms with Crippen molar-refractivity contribution >= 4 is 75.1 Å². The van der Waals surface area contributed by atoms with Gasteiger partial charge in [0, 0.05) is 48.7 Å². The third-order valence-electron chi connectivity index (χ3n) is 7.50. The number of likely N-dealkylation sites (tertiary alicyclic amines) is 1. The van der Waals surface area contributed by atoms with Gasteiger partial charge in [0.05, 0.1) is 18.1 Å². The van der Waals surface area contributed by atoms with Gasteiger partial charge in [-0.15, -0.1) is 11.3 Å². The third kappa shape index (κ3) is 9.75. The Labute approximate surface area is 293 Å². The van der Waals surface area contributed by atoms with Gasteiger partial charge in [-0.3, -0.25) is 24.2 Å². The Balaban J connectivity index is 0.000000362. The van der Waals surface area contributed by atoms with Crippen molar-refractivity contribution in [1.82, 2.24) is 24.8 Å².